The standard InChI is InChI=1S/C32H36F6N4O4/c1-30(2,3)45-29(43)40-26(39)20-6-4-8-21(9-5-7-20)28-41-27(42-46-28)22-12-15-25(24(18-22)32(36,37)38)44-17-16-19-10-13-23(14-11-19)31(33,34)35/h10-15,18,20-21H,4-9,16-17H2,1-3H3,(H2,39,40,43). The van der Waals surface area contributed by atoms with Crippen LogP contribution in [0.3, 0.4) is 0 Å². The largest absolute Gasteiger partial charge is 0.493 e. The van der Waals surface area contributed by atoms with Gasteiger partial charge in [0.05, 0.1) is 17.7 Å². The van der Waals surface area contributed by atoms with Crippen molar-refractivity contribution in [2.24, 2.45) is 5.92 Å². The van der Waals surface area contributed by atoms with Crippen LogP contribution >= 0.6 is 0 Å². The van der Waals surface area contributed by atoms with Crippen LogP contribution in [0.1, 0.15) is 87.8 Å². The van der Waals surface area contributed by atoms with Gasteiger partial charge in [-0.25, -0.2) is 4.79 Å². The third kappa shape index (κ3) is 9.70. The van der Waals surface area contributed by atoms with Crippen molar-refractivity contribution in [3.05, 3.63) is 65.0 Å². The highest BCUT2D eigenvalue weighted by molar-refractivity contribution is 5.94. The van der Waals surface area contributed by atoms with Crippen LogP contribution in [0.25, 0.3) is 11.4 Å². The lowest BCUT2D eigenvalue weighted by Gasteiger charge is -2.25. The van der Waals surface area contributed by atoms with Gasteiger partial charge in [0.15, 0.2) is 0 Å². The van der Waals surface area contributed by atoms with Gasteiger partial charge in [-0.15, -0.1) is 0 Å². The van der Waals surface area contributed by atoms with E-state index in [2.05, 4.69) is 15.5 Å². The quantitative estimate of drug-likeness (QED) is 0.150. The Hall–Kier alpha value is -4.10. The maximum absolute atomic E-state index is 14.0. The molecule has 3 aromatic rings. The molecule has 1 heterocycles. The maximum atomic E-state index is 14.0. The summed E-state index contributed by atoms with van der Waals surface area (Å²) < 4.78 is 96.3. The van der Waals surface area contributed by atoms with Gasteiger partial charge in [-0.05, 0) is 82.3 Å². The molecule has 250 valence electrons. The number of hydrogen-bond acceptors (Lipinski definition) is 7. The van der Waals surface area contributed by atoms with Gasteiger partial charge in [0, 0.05) is 23.8 Å². The van der Waals surface area contributed by atoms with Gasteiger partial charge < -0.3 is 14.0 Å². The highest BCUT2D eigenvalue weighted by Gasteiger charge is 2.35. The first-order chi connectivity index (χ1) is 21.5. The molecule has 0 atom stereocenters. The molecule has 1 aliphatic carbocycles. The average Bonchev–Trinajstić information content (AvgIpc) is 3.41. The molecule has 0 spiro atoms. The first kappa shape index (κ1) is 34.8. The highest BCUT2D eigenvalue weighted by atomic mass is 19.4. The first-order valence-corrected chi connectivity index (χ1v) is 14.9. The minimum Gasteiger partial charge on any atom is -0.493 e. The predicted molar refractivity (Wildman–Crippen MR) is 156 cm³/mol. The fraction of sp³-hybridized carbons (Fsp3) is 0.500. The molecule has 2 aromatic carbocycles. The molecule has 8 nitrogen and oxygen atoms in total. The van der Waals surface area contributed by atoms with Crippen LogP contribution in [0.5, 0.6) is 5.75 Å². The van der Waals surface area contributed by atoms with Crippen molar-refractivity contribution in [1.29, 1.82) is 5.41 Å². The van der Waals surface area contributed by atoms with E-state index in [1.165, 1.54) is 18.2 Å². The number of alkyl carbamates (subject to hydrolysis) is 1. The molecule has 0 aliphatic heterocycles. The summed E-state index contributed by atoms with van der Waals surface area (Å²) in [5.74, 6) is -0.234. The average molecular weight is 655 g/mol. The number of carbonyl (C=O) groups is 1. The molecule has 2 N–H and O–H groups in total. The van der Waals surface area contributed by atoms with E-state index < -0.39 is 40.9 Å². The Labute approximate surface area is 262 Å². The van der Waals surface area contributed by atoms with Crippen molar-refractivity contribution in [1.82, 2.24) is 15.5 Å². The van der Waals surface area contributed by atoms with Crippen molar-refractivity contribution in [3.63, 3.8) is 0 Å². The van der Waals surface area contributed by atoms with E-state index in [4.69, 9.17) is 19.4 Å². The minimum absolute atomic E-state index is 0.0000730. The SMILES string of the molecule is CC(C)(C)OC(=O)NC(=N)C1CCCC(c2nc(-c3ccc(OCCc4ccc(C(F)(F)F)cc4)c(C(F)(F)F)c3)no2)CCC1. The Morgan fingerprint density at radius 3 is 2.20 bits per heavy atom. The molecule has 46 heavy (non-hydrogen) atoms. The number of amides is 1. The summed E-state index contributed by atoms with van der Waals surface area (Å²) in [5, 5.41) is 14.8. The lowest BCUT2D eigenvalue weighted by atomic mass is 9.85. The van der Waals surface area contributed by atoms with Gasteiger partial charge in [0.25, 0.3) is 0 Å². The van der Waals surface area contributed by atoms with E-state index >= 15 is 0 Å². The third-order valence-electron chi connectivity index (χ3n) is 7.52. The van der Waals surface area contributed by atoms with Gasteiger partial charge in [-0.3, -0.25) is 10.7 Å². The molecule has 1 fully saturated rings. The number of aromatic nitrogens is 2. The molecule has 1 aromatic heterocycles. The van der Waals surface area contributed by atoms with E-state index in [9.17, 15) is 31.1 Å². The summed E-state index contributed by atoms with van der Waals surface area (Å²) in [7, 11) is 0. The number of benzene rings is 2. The van der Waals surface area contributed by atoms with Crippen molar-refractivity contribution >= 4 is 11.9 Å². The number of alkyl halides is 6. The summed E-state index contributed by atoms with van der Waals surface area (Å²) in [5.41, 5.74) is -1.95. The maximum Gasteiger partial charge on any atom is 0.419 e. The van der Waals surface area contributed by atoms with E-state index in [1.54, 1.807) is 20.8 Å². The van der Waals surface area contributed by atoms with E-state index in [0.29, 0.717) is 50.0 Å². The zero-order valence-electron chi connectivity index (χ0n) is 25.6. The van der Waals surface area contributed by atoms with Gasteiger partial charge >= 0.3 is 18.4 Å². The van der Waals surface area contributed by atoms with Crippen LogP contribution in [-0.4, -0.2) is 34.3 Å². The minimum atomic E-state index is -4.76. The summed E-state index contributed by atoms with van der Waals surface area (Å²) in [6.07, 6.45) is -5.74. The van der Waals surface area contributed by atoms with Crippen molar-refractivity contribution in [2.75, 3.05) is 6.61 Å². The van der Waals surface area contributed by atoms with Gasteiger partial charge in [0.1, 0.15) is 17.2 Å². The zero-order chi connectivity index (χ0) is 33.7. The Kier molecular flexibility index (Phi) is 10.7. The van der Waals surface area contributed by atoms with E-state index in [-0.39, 0.29) is 42.1 Å². The normalized spacial score (nSPS) is 17.9. The van der Waals surface area contributed by atoms with Crippen LogP contribution in [0.4, 0.5) is 31.1 Å². The molecular formula is C32H36F6N4O4. The second-order valence-corrected chi connectivity index (χ2v) is 12.3. The van der Waals surface area contributed by atoms with Crippen molar-refractivity contribution in [2.45, 2.75) is 89.6 Å². The van der Waals surface area contributed by atoms with Gasteiger partial charge in [-0.2, -0.15) is 31.3 Å². The Bertz CT molecular complexity index is 1490. The Morgan fingerprint density at radius 1 is 0.957 bits per heavy atom. The van der Waals surface area contributed by atoms with Crippen LogP contribution in [-0.2, 0) is 23.5 Å². The first-order valence-electron chi connectivity index (χ1n) is 14.9. The number of hydrogen-bond donors (Lipinski definition) is 2. The zero-order valence-corrected chi connectivity index (χ0v) is 25.6. The van der Waals surface area contributed by atoms with Gasteiger partial charge in [-0.1, -0.05) is 30.1 Å². The van der Waals surface area contributed by atoms with Crippen molar-refractivity contribution < 1.29 is 45.1 Å². The summed E-state index contributed by atoms with van der Waals surface area (Å²) in [6, 6.07) is 7.79. The molecule has 0 unspecified atom stereocenters. The van der Waals surface area contributed by atoms with Gasteiger partial charge in [0.2, 0.25) is 11.7 Å². The molecule has 1 saturated carbocycles. The predicted octanol–water partition coefficient (Wildman–Crippen LogP) is 8.95. The highest BCUT2D eigenvalue weighted by Crippen LogP contribution is 2.39. The smallest absolute Gasteiger partial charge is 0.419 e. The number of nitrogens with one attached hydrogen (secondary N) is 2. The molecule has 0 saturated heterocycles. The van der Waals surface area contributed by atoms with Crippen molar-refractivity contribution in [3.8, 4) is 17.1 Å². The monoisotopic (exact) mass is 654 g/mol. The second-order valence-electron chi connectivity index (χ2n) is 12.3. The number of nitrogens with zero attached hydrogens (tertiary/aromatic N) is 2. The number of rotatable bonds is 7. The van der Waals surface area contributed by atoms with Crippen LogP contribution in [0.15, 0.2) is 47.0 Å². The van der Waals surface area contributed by atoms with E-state index in [0.717, 1.165) is 24.3 Å². The second kappa shape index (κ2) is 14.1. The molecule has 4 rings (SSSR count). The van der Waals surface area contributed by atoms with Crippen LogP contribution in [0.2, 0.25) is 0 Å². The lowest BCUT2D eigenvalue weighted by molar-refractivity contribution is -0.139. The van der Waals surface area contributed by atoms with Crippen LogP contribution < -0.4 is 10.1 Å². The molecule has 14 heteroatoms. The number of carbonyl (C=O) groups excluding carboxylic acids is 1. The molecule has 0 radical (unpaired) electrons. The topological polar surface area (TPSA) is 110 Å². The van der Waals surface area contributed by atoms with E-state index in [1.807, 2.05) is 0 Å². The number of ether oxygens (including phenoxy) is 2. The Balaban J connectivity index is 1.36. The molecule has 0 bridgehead atoms. The number of amidine groups is 1. The molecule has 1 aliphatic rings. The lowest BCUT2D eigenvalue weighted by Crippen LogP contribution is -2.39. The fourth-order valence-corrected chi connectivity index (χ4v) is 5.24. The summed E-state index contributed by atoms with van der Waals surface area (Å²) in [6.45, 7) is 5.05. The fourth-order valence-electron chi connectivity index (χ4n) is 5.24. The summed E-state index contributed by atoms with van der Waals surface area (Å²) in [4.78, 5) is 16.5. The Morgan fingerprint density at radius 2 is 1.61 bits per heavy atom. The summed E-state index contributed by atoms with van der Waals surface area (Å²) >= 11 is 0. The molecule has 1 amide bonds. The number of halogens is 6. The third-order valence-corrected chi connectivity index (χ3v) is 7.52. The molecular weight excluding hydrogens is 618 g/mol. The van der Waals surface area contributed by atoms with Crippen LogP contribution in [0, 0.1) is 11.3 Å².